The zero-order valence-corrected chi connectivity index (χ0v) is 22.7. The van der Waals surface area contributed by atoms with Crippen LogP contribution in [0.2, 0.25) is 5.02 Å². The monoisotopic (exact) mass is 530 g/mol. The van der Waals surface area contributed by atoms with Gasteiger partial charge in [0.2, 0.25) is 15.9 Å². The minimum Gasteiger partial charge on any atom is -0.376 e. The van der Waals surface area contributed by atoms with Crippen molar-refractivity contribution in [1.29, 1.82) is 0 Å². The minimum atomic E-state index is -3.73. The predicted octanol–water partition coefficient (Wildman–Crippen LogP) is 5.48. The van der Waals surface area contributed by atoms with Crippen molar-refractivity contribution in [1.82, 2.24) is 9.21 Å². The summed E-state index contributed by atoms with van der Waals surface area (Å²) in [6.07, 6.45) is 4.77. The molecule has 0 N–H and O–H groups in total. The summed E-state index contributed by atoms with van der Waals surface area (Å²) in [7, 11) is -2.04. The lowest BCUT2D eigenvalue weighted by Gasteiger charge is -2.41. The Morgan fingerprint density at radius 3 is 2.47 bits per heavy atom. The lowest BCUT2D eigenvalue weighted by Crippen LogP contribution is -2.49. The van der Waals surface area contributed by atoms with E-state index in [1.807, 2.05) is 37.3 Å². The highest BCUT2D eigenvalue weighted by Gasteiger charge is 2.54. The second-order valence-corrected chi connectivity index (χ2v) is 11.9. The Balaban J connectivity index is 1.60. The van der Waals surface area contributed by atoms with E-state index in [0.717, 1.165) is 43.2 Å². The molecule has 1 saturated carbocycles. The van der Waals surface area contributed by atoms with Crippen molar-refractivity contribution < 1.29 is 17.9 Å². The van der Waals surface area contributed by atoms with Crippen LogP contribution in [0.25, 0.3) is 4.91 Å². The zero-order chi connectivity index (χ0) is 25.8. The van der Waals surface area contributed by atoms with E-state index in [-0.39, 0.29) is 18.9 Å². The third-order valence-corrected chi connectivity index (χ3v) is 9.78. The Morgan fingerprint density at radius 2 is 1.81 bits per heavy atom. The zero-order valence-electron chi connectivity index (χ0n) is 21.1. The second kappa shape index (κ2) is 11.5. The first-order valence-corrected chi connectivity index (χ1v) is 14.5. The number of nitrogens with zero attached hydrogens (tertiary/aromatic N) is 2. The quantitative estimate of drug-likeness (QED) is 0.402. The van der Waals surface area contributed by atoms with E-state index in [1.165, 1.54) is 0 Å². The van der Waals surface area contributed by atoms with Gasteiger partial charge in [-0.25, -0.2) is 8.42 Å². The number of likely N-dealkylation sites (N-methyl/N-ethyl adjacent to an activating group) is 2. The van der Waals surface area contributed by atoms with E-state index < -0.39 is 15.6 Å². The van der Waals surface area contributed by atoms with Crippen molar-refractivity contribution in [3.05, 3.63) is 76.3 Å². The molecule has 1 spiro atoms. The van der Waals surface area contributed by atoms with Crippen LogP contribution in [0.3, 0.4) is 0 Å². The Morgan fingerprint density at radius 1 is 1.08 bits per heavy atom. The van der Waals surface area contributed by atoms with Gasteiger partial charge in [-0.3, -0.25) is 4.79 Å². The van der Waals surface area contributed by atoms with Crippen LogP contribution in [0.15, 0.2) is 60.2 Å². The van der Waals surface area contributed by atoms with E-state index >= 15 is 0 Å². The lowest BCUT2D eigenvalue weighted by atomic mass is 9.75. The normalized spacial score (nSPS) is 19.1. The molecule has 194 valence electrons. The molecular weight excluding hydrogens is 496 g/mol. The van der Waals surface area contributed by atoms with Crippen LogP contribution in [0.1, 0.15) is 56.6 Å². The highest BCUT2D eigenvalue weighted by molar-refractivity contribution is 7.98. The molecule has 8 heteroatoms. The van der Waals surface area contributed by atoms with Crippen molar-refractivity contribution >= 4 is 32.4 Å². The summed E-state index contributed by atoms with van der Waals surface area (Å²) >= 11 is 6.27. The molecular formula is C28H35ClN2O4S. The molecule has 6 nitrogen and oxygen atoms in total. The Hall–Kier alpha value is -2.19. The fourth-order valence-corrected chi connectivity index (χ4v) is 7.71. The number of halogens is 1. The Kier molecular flexibility index (Phi) is 8.56. The average molecular weight is 531 g/mol. The maximum Gasteiger partial charge on any atom is 0.244 e. The SMILES string of the molecule is CCN(CC1=C(c2cccc(Cl)c2)S(=O)(=O)N(C)C12CCCCC2)C(=O)CCOCc1ccccc1. The van der Waals surface area contributed by atoms with Gasteiger partial charge in [-0.1, -0.05) is 73.3 Å². The molecule has 2 aliphatic rings. The minimum absolute atomic E-state index is 0.0404. The Bertz CT molecular complexity index is 1210. The van der Waals surface area contributed by atoms with Crippen LogP contribution >= 0.6 is 11.6 Å². The summed E-state index contributed by atoms with van der Waals surface area (Å²) < 4.78 is 34.9. The van der Waals surface area contributed by atoms with E-state index in [0.29, 0.717) is 35.2 Å². The topological polar surface area (TPSA) is 66.9 Å². The molecule has 0 atom stereocenters. The number of hydrogen-bond donors (Lipinski definition) is 0. The van der Waals surface area contributed by atoms with Crippen LogP contribution in [0.4, 0.5) is 0 Å². The van der Waals surface area contributed by atoms with Gasteiger partial charge in [-0.05, 0) is 48.6 Å². The number of carbonyl (C=O) groups excluding carboxylic acids is 1. The third kappa shape index (κ3) is 5.40. The van der Waals surface area contributed by atoms with Gasteiger partial charge >= 0.3 is 0 Å². The lowest BCUT2D eigenvalue weighted by molar-refractivity contribution is -0.132. The van der Waals surface area contributed by atoms with Crippen molar-refractivity contribution in [2.45, 2.75) is 57.6 Å². The first-order valence-electron chi connectivity index (χ1n) is 12.7. The van der Waals surface area contributed by atoms with Gasteiger partial charge in [0, 0.05) is 25.2 Å². The Labute approximate surface area is 219 Å². The largest absolute Gasteiger partial charge is 0.376 e. The van der Waals surface area contributed by atoms with Gasteiger partial charge in [-0.2, -0.15) is 4.31 Å². The summed E-state index contributed by atoms with van der Waals surface area (Å²) in [5.74, 6) is -0.0404. The molecule has 2 aromatic rings. The number of carbonyl (C=O) groups is 1. The van der Waals surface area contributed by atoms with Crippen molar-refractivity contribution in [2.24, 2.45) is 0 Å². The van der Waals surface area contributed by atoms with Gasteiger partial charge in [0.15, 0.2) is 0 Å². The van der Waals surface area contributed by atoms with E-state index in [2.05, 4.69) is 0 Å². The standard InChI is InChI=1S/C28H35ClN2O4S/c1-3-31(26(32)15-18-35-21-22-11-6-4-7-12-22)20-25-27(23-13-10-14-24(29)19-23)36(33,34)30(2)28(25)16-8-5-9-17-28/h4,6-7,10-14,19H,3,5,8-9,15-18,20-21H2,1-2H3. The molecule has 1 fully saturated rings. The summed E-state index contributed by atoms with van der Waals surface area (Å²) in [6, 6.07) is 16.9. The number of rotatable bonds is 9. The van der Waals surface area contributed by atoms with Crippen molar-refractivity contribution in [3.63, 3.8) is 0 Å². The maximum absolute atomic E-state index is 13.8. The molecule has 1 amide bonds. The van der Waals surface area contributed by atoms with Gasteiger partial charge in [0.1, 0.15) is 0 Å². The molecule has 0 bridgehead atoms. The van der Waals surface area contributed by atoms with Gasteiger partial charge in [0.25, 0.3) is 0 Å². The van der Waals surface area contributed by atoms with Gasteiger partial charge in [-0.15, -0.1) is 0 Å². The van der Waals surface area contributed by atoms with Crippen LogP contribution < -0.4 is 0 Å². The molecule has 4 rings (SSSR count). The van der Waals surface area contributed by atoms with Crippen LogP contribution in [0.5, 0.6) is 0 Å². The number of amides is 1. The molecule has 0 radical (unpaired) electrons. The molecule has 0 aromatic heterocycles. The number of benzene rings is 2. The van der Waals surface area contributed by atoms with E-state index in [1.54, 1.807) is 40.5 Å². The highest BCUT2D eigenvalue weighted by Crippen LogP contribution is 2.51. The third-order valence-electron chi connectivity index (χ3n) is 7.48. The van der Waals surface area contributed by atoms with Crippen molar-refractivity contribution in [3.8, 4) is 0 Å². The summed E-state index contributed by atoms with van der Waals surface area (Å²) in [6.45, 7) is 3.47. The highest BCUT2D eigenvalue weighted by atomic mass is 35.5. The van der Waals surface area contributed by atoms with Crippen LogP contribution in [-0.2, 0) is 26.2 Å². The van der Waals surface area contributed by atoms with E-state index in [9.17, 15) is 13.2 Å². The smallest absolute Gasteiger partial charge is 0.244 e. The van der Waals surface area contributed by atoms with Gasteiger partial charge in [0.05, 0.1) is 30.1 Å². The molecule has 36 heavy (non-hydrogen) atoms. The molecule has 2 aromatic carbocycles. The van der Waals surface area contributed by atoms with Crippen LogP contribution in [-0.4, -0.2) is 55.8 Å². The molecule has 0 unspecified atom stereocenters. The predicted molar refractivity (Wildman–Crippen MR) is 144 cm³/mol. The summed E-state index contributed by atoms with van der Waals surface area (Å²) in [4.78, 5) is 15.3. The maximum atomic E-state index is 13.8. The van der Waals surface area contributed by atoms with Crippen molar-refractivity contribution in [2.75, 3.05) is 26.7 Å². The molecule has 1 heterocycles. The van der Waals surface area contributed by atoms with Crippen LogP contribution in [0, 0.1) is 0 Å². The molecule has 1 aliphatic heterocycles. The van der Waals surface area contributed by atoms with E-state index in [4.69, 9.17) is 16.3 Å². The number of ether oxygens (including phenoxy) is 1. The second-order valence-electron chi connectivity index (χ2n) is 9.58. The average Bonchev–Trinajstić information content (AvgIpc) is 3.03. The first kappa shape index (κ1) is 26.9. The fourth-order valence-electron chi connectivity index (χ4n) is 5.50. The summed E-state index contributed by atoms with van der Waals surface area (Å²) in [5.41, 5.74) is 1.85. The molecule has 1 aliphatic carbocycles. The number of sulfonamides is 1. The molecule has 0 saturated heterocycles. The first-order chi connectivity index (χ1) is 17.3. The fraction of sp³-hybridized carbons (Fsp3) is 0.464. The number of hydrogen-bond acceptors (Lipinski definition) is 4. The van der Waals surface area contributed by atoms with Gasteiger partial charge < -0.3 is 9.64 Å². The summed E-state index contributed by atoms with van der Waals surface area (Å²) in [5, 5.41) is 0.487.